The van der Waals surface area contributed by atoms with Crippen molar-refractivity contribution in [3.63, 3.8) is 0 Å². The second-order valence-electron chi connectivity index (χ2n) is 4.64. The maximum absolute atomic E-state index is 12.5. The molecule has 1 fully saturated rings. The number of carbonyl (C=O) groups is 1. The summed E-state index contributed by atoms with van der Waals surface area (Å²) in [5, 5.41) is 2.43. The fraction of sp³-hybridized carbons (Fsp3) is 0.267. The smallest absolute Gasteiger partial charge is 0.204 e. The lowest BCUT2D eigenvalue weighted by Gasteiger charge is -2.27. The van der Waals surface area contributed by atoms with Crippen LogP contribution in [0.3, 0.4) is 0 Å². The molecule has 0 N–H and O–H groups in total. The van der Waals surface area contributed by atoms with Gasteiger partial charge in [0.15, 0.2) is 0 Å². The van der Waals surface area contributed by atoms with Crippen LogP contribution in [-0.2, 0) is 0 Å². The highest BCUT2D eigenvalue weighted by molar-refractivity contribution is 7.13. The van der Waals surface area contributed by atoms with E-state index in [9.17, 15) is 4.79 Å². The molecular weight excluding hydrogens is 264 g/mol. The number of hydrogen-bond acceptors (Lipinski definition) is 2. The first-order chi connectivity index (χ1) is 8.77. The molecule has 3 rings (SSSR count). The maximum Gasteiger partial charge on any atom is 0.204 e. The van der Waals surface area contributed by atoms with Gasteiger partial charge in [0.25, 0.3) is 0 Å². The van der Waals surface area contributed by atoms with E-state index in [1.807, 2.05) is 23.6 Å². The van der Waals surface area contributed by atoms with Gasteiger partial charge >= 0.3 is 0 Å². The second-order valence-corrected chi connectivity index (χ2v) is 5.97. The molecule has 1 aliphatic carbocycles. The zero-order chi connectivity index (χ0) is 12.5. The second kappa shape index (κ2) is 4.87. The summed E-state index contributed by atoms with van der Waals surface area (Å²) in [6.07, 6.45) is 3.66. The van der Waals surface area contributed by atoms with E-state index in [-0.39, 0.29) is 5.78 Å². The Hall–Kier alpha value is -1.12. The summed E-state index contributed by atoms with van der Waals surface area (Å²) < 4.78 is 0. The SMILES string of the molecule is O=C(c1ccccc1C1CCC1)c1sccc1Cl. The quantitative estimate of drug-likeness (QED) is 0.729. The minimum absolute atomic E-state index is 0.0671. The van der Waals surface area contributed by atoms with E-state index in [4.69, 9.17) is 11.6 Å². The molecule has 0 aliphatic heterocycles. The van der Waals surface area contributed by atoms with E-state index in [1.165, 1.54) is 36.2 Å². The summed E-state index contributed by atoms with van der Waals surface area (Å²) in [5.41, 5.74) is 2.02. The average Bonchev–Trinajstić information content (AvgIpc) is 2.73. The van der Waals surface area contributed by atoms with Gasteiger partial charge in [-0.1, -0.05) is 42.3 Å². The van der Waals surface area contributed by atoms with Crippen LogP contribution in [0.2, 0.25) is 5.02 Å². The first kappa shape index (κ1) is 11.9. The third-order valence-electron chi connectivity index (χ3n) is 3.57. The Morgan fingerprint density at radius 3 is 2.61 bits per heavy atom. The molecule has 1 nitrogen and oxygen atoms in total. The number of halogens is 1. The number of benzene rings is 1. The van der Waals surface area contributed by atoms with Crippen LogP contribution in [0.25, 0.3) is 0 Å². The highest BCUT2D eigenvalue weighted by Crippen LogP contribution is 2.39. The van der Waals surface area contributed by atoms with Crippen molar-refractivity contribution in [3.8, 4) is 0 Å². The van der Waals surface area contributed by atoms with Crippen LogP contribution in [0.1, 0.15) is 46.0 Å². The molecule has 1 heterocycles. The molecule has 0 saturated heterocycles. The fourth-order valence-corrected chi connectivity index (χ4v) is 3.45. The Balaban J connectivity index is 2.01. The predicted octanol–water partition coefficient (Wildman–Crippen LogP) is 4.90. The van der Waals surface area contributed by atoms with E-state index < -0.39 is 0 Å². The molecule has 0 unspecified atom stereocenters. The standard InChI is InChI=1S/C15H13ClOS/c16-13-8-9-18-15(13)14(17)12-7-2-1-6-11(12)10-4-3-5-10/h1-2,6-10H,3-5H2. The molecule has 1 aliphatic rings. The summed E-state index contributed by atoms with van der Waals surface area (Å²) in [6.45, 7) is 0. The molecular formula is C15H13ClOS. The molecule has 3 heteroatoms. The third-order valence-corrected chi connectivity index (χ3v) is 4.91. The van der Waals surface area contributed by atoms with E-state index in [0.29, 0.717) is 15.8 Å². The molecule has 0 amide bonds. The molecule has 0 spiro atoms. The van der Waals surface area contributed by atoms with Crippen molar-refractivity contribution in [2.24, 2.45) is 0 Å². The molecule has 1 aromatic heterocycles. The summed E-state index contributed by atoms with van der Waals surface area (Å²) in [5.74, 6) is 0.626. The molecule has 1 saturated carbocycles. The van der Waals surface area contributed by atoms with Gasteiger partial charge in [-0.2, -0.15) is 0 Å². The van der Waals surface area contributed by atoms with Gasteiger partial charge in [-0.25, -0.2) is 0 Å². The zero-order valence-electron chi connectivity index (χ0n) is 9.86. The van der Waals surface area contributed by atoms with Gasteiger partial charge in [0.2, 0.25) is 5.78 Å². The largest absolute Gasteiger partial charge is 0.288 e. The first-order valence-corrected chi connectivity index (χ1v) is 7.40. The maximum atomic E-state index is 12.5. The Kier molecular flexibility index (Phi) is 3.23. The van der Waals surface area contributed by atoms with Crippen LogP contribution in [0.15, 0.2) is 35.7 Å². The van der Waals surface area contributed by atoms with Crippen molar-refractivity contribution >= 4 is 28.7 Å². The van der Waals surface area contributed by atoms with E-state index in [1.54, 1.807) is 6.07 Å². The highest BCUT2D eigenvalue weighted by atomic mass is 35.5. The summed E-state index contributed by atoms with van der Waals surface area (Å²) in [4.78, 5) is 13.2. The van der Waals surface area contributed by atoms with Crippen LogP contribution in [0.5, 0.6) is 0 Å². The summed E-state index contributed by atoms with van der Waals surface area (Å²) >= 11 is 7.47. The number of ketones is 1. The van der Waals surface area contributed by atoms with Crippen LogP contribution in [0.4, 0.5) is 0 Å². The normalized spacial score (nSPS) is 15.4. The lowest BCUT2D eigenvalue weighted by atomic mass is 9.77. The van der Waals surface area contributed by atoms with Gasteiger partial charge in [-0.05, 0) is 35.8 Å². The Morgan fingerprint density at radius 2 is 2.00 bits per heavy atom. The first-order valence-electron chi connectivity index (χ1n) is 6.14. The van der Waals surface area contributed by atoms with Gasteiger partial charge in [0.1, 0.15) is 0 Å². The van der Waals surface area contributed by atoms with E-state index in [0.717, 1.165) is 5.56 Å². The number of hydrogen-bond donors (Lipinski definition) is 0. The lowest BCUT2D eigenvalue weighted by Crippen LogP contribution is -2.14. The highest BCUT2D eigenvalue weighted by Gasteiger charge is 2.25. The summed E-state index contributed by atoms with van der Waals surface area (Å²) in [6, 6.07) is 9.73. The van der Waals surface area contributed by atoms with Gasteiger partial charge in [0.05, 0.1) is 9.90 Å². The van der Waals surface area contributed by atoms with Crippen molar-refractivity contribution < 1.29 is 4.79 Å². The monoisotopic (exact) mass is 276 g/mol. The number of carbonyl (C=O) groups excluding carboxylic acids is 1. The topological polar surface area (TPSA) is 17.1 Å². The average molecular weight is 277 g/mol. The lowest BCUT2D eigenvalue weighted by molar-refractivity contribution is 0.104. The van der Waals surface area contributed by atoms with Crippen LogP contribution in [-0.4, -0.2) is 5.78 Å². The van der Waals surface area contributed by atoms with Crippen molar-refractivity contribution in [2.45, 2.75) is 25.2 Å². The molecule has 18 heavy (non-hydrogen) atoms. The molecule has 0 radical (unpaired) electrons. The summed E-state index contributed by atoms with van der Waals surface area (Å²) in [7, 11) is 0. The van der Waals surface area contributed by atoms with Crippen LogP contribution >= 0.6 is 22.9 Å². The van der Waals surface area contributed by atoms with Crippen LogP contribution in [0, 0.1) is 0 Å². The minimum atomic E-state index is 0.0671. The van der Waals surface area contributed by atoms with Gasteiger partial charge in [-0.3, -0.25) is 4.79 Å². The van der Waals surface area contributed by atoms with E-state index in [2.05, 4.69) is 6.07 Å². The van der Waals surface area contributed by atoms with Gasteiger partial charge in [-0.15, -0.1) is 11.3 Å². The van der Waals surface area contributed by atoms with Gasteiger partial charge in [0, 0.05) is 5.56 Å². The minimum Gasteiger partial charge on any atom is -0.288 e. The Morgan fingerprint density at radius 1 is 1.22 bits per heavy atom. The predicted molar refractivity (Wildman–Crippen MR) is 75.8 cm³/mol. The molecule has 92 valence electrons. The Labute approximate surface area is 115 Å². The molecule has 2 aromatic rings. The van der Waals surface area contributed by atoms with Crippen LogP contribution < -0.4 is 0 Å². The number of rotatable bonds is 3. The van der Waals surface area contributed by atoms with Crippen molar-refractivity contribution in [2.75, 3.05) is 0 Å². The third kappa shape index (κ3) is 2.00. The molecule has 0 atom stereocenters. The van der Waals surface area contributed by atoms with Crippen molar-refractivity contribution in [1.82, 2.24) is 0 Å². The number of thiophene rings is 1. The van der Waals surface area contributed by atoms with E-state index >= 15 is 0 Å². The zero-order valence-corrected chi connectivity index (χ0v) is 11.4. The Bertz CT molecular complexity index is 584. The van der Waals surface area contributed by atoms with Gasteiger partial charge < -0.3 is 0 Å². The molecule has 1 aromatic carbocycles. The van der Waals surface area contributed by atoms with Crippen molar-refractivity contribution in [1.29, 1.82) is 0 Å². The fourth-order valence-electron chi connectivity index (χ4n) is 2.36. The van der Waals surface area contributed by atoms with Crippen molar-refractivity contribution in [3.05, 3.63) is 56.7 Å². The molecule has 0 bridgehead atoms.